The van der Waals surface area contributed by atoms with Crippen LogP contribution in [0.2, 0.25) is 5.02 Å². The van der Waals surface area contributed by atoms with Gasteiger partial charge >= 0.3 is 11.9 Å². The van der Waals surface area contributed by atoms with Gasteiger partial charge < -0.3 is 23.7 Å². The second-order valence-corrected chi connectivity index (χ2v) is 9.72. The van der Waals surface area contributed by atoms with Crippen LogP contribution in [0.15, 0.2) is 48.7 Å². The Bertz CT molecular complexity index is 1430. The minimum absolute atomic E-state index is 0.131. The maximum atomic E-state index is 14.0. The highest BCUT2D eigenvalue weighted by molar-refractivity contribution is 6.32. The number of benzene rings is 2. The number of ether oxygens (including phenoxy) is 5. The fourth-order valence-electron chi connectivity index (χ4n) is 4.02. The van der Waals surface area contributed by atoms with Gasteiger partial charge in [-0.25, -0.2) is 9.37 Å². The summed E-state index contributed by atoms with van der Waals surface area (Å²) in [5.41, 5.74) is 1.18. The molecule has 0 aliphatic heterocycles. The third kappa shape index (κ3) is 7.94. The van der Waals surface area contributed by atoms with Crippen LogP contribution in [0.1, 0.15) is 54.9 Å². The number of aromatic nitrogens is 1. The number of halogens is 2. The van der Waals surface area contributed by atoms with Crippen LogP contribution in [0.25, 0.3) is 0 Å². The van der Waals surface area contributed by atoms with E-state index in [1.807, 2.05) is 6.92 Å². The van der Waals surface area contributed by atoms with Gasteiger partial charge in [-0.3, -0.25) is 14.4 Å². The molecule has 0 fully saturated rings. The molecule has 1 heterocycles. The Kier molecular flexibility index (Phi) is 10.7. The van der Waals surface area contributed by atoms with Crippen molar-refractivity contribution < 1.29 is 42.5 Å². The van der Waals surface area contributed by atoms with Crippen LogP contribution in [0.4, 0.5) is 4.39 Å². The SMILES string of the molecule is COc1cc(F)ccc1[C@@H](Oc1ccc(C)cc1Cl)[C@H](C)OC(=O)[C@H](C)CC(=O)c1nccc(OC)c1OC(C)=O. The molecule has 0 bridgehead atoms. The highest BCUT2D eigenvalue weighted by Gasteiger charge is 2.32. The summed E-state index contributed by atoms with van der Waals surface area (Å²) in [4.78, 5) is 41.8. The number of hydrogen-bond acceptors (Lipinski definition) is 9. The fourth-order valence-corrected chi connectivity index (χ4v) is 4.30. The molecule has 1 aromatic heterocycles. The number of pyridine rings is 1. The van der Waals surface area contributed by atoms with Gasteiger partial charge in [-0.15, -0.1) is 0 Å². The third-order valence-corrected chi connectivity index (χ3v) is 6.36. The Morgan fingerprint density at radius 1 is 0.976 bits per heavy atom. The van der Waals surface area contributed by atoms with Crippen LogP contribution in [0, 0.1) is 18.7 Å². The molecule has 3 rings (SSSR count). The molecule has 0 spiro atoms. The van der Waals surface area contributed by atoms with Crippen molar-refractivity contribution >= 4 is 29.3 Å². The summed E-state index contributed by atoms with van der Waals surface area (Å²) in [6.45, 7) is 6.17. The van der Waals surface area contributed by atoms with E-state index in [2.05, 4.69) is 4.98 Å². The summed E-state index contributed by atoms with van der Waals surface area (Å²) in [7, 11) is 2.74. The first kappa shape index (κ1) is 31.3. The maximum absolute atomic E-state index is 14.0. The number of Topliss-reactive ketones (excluding diaryl/α,β-unsaturated/α-hetero) is 1. The lowest BCUT2D eigenvalue weighted by Crippen LogP contribution is -2.30. The Morgan fingerprint density at radius 3 is 2.32 bits per heavy atom. The lowest BCUT2D eigenvalue weighted by atomic mass is 10.0. The van der Waals surface area contributed by atoms with Crippen LogP contribution in [0.5, 0.6) is 23.0 Å². The average Bonchev–Trinajstić information content (AvgIpc) is 2.92. The predicted octanol–water partition coefficient (Wildman–Crippen LogP) is 6.09. The van der Waals surface area contributed by atoms with Crippen molar-refractivity contribution in [3.8, 4) is 23.0 Å². The van der Waals surface area contributed by atoms with Gasteiger partial charge in [-0.05, 0) is 43.7 Å². The van der Waals surface area contributed by atoms with E-state index in [-0.39, 0.29) is 29.4 Å². The van der Waals surface area contributed by atoms with Gasteiger partial charge in [0.2, 0.25) is 5.75 Å². The molecule has 0 saturated carbocycles. The van der Waals surface area contributed by atoms with E-state index in [1.54, 1.807) is 25.1 Å². The molecule has 0 unspecified atom stereocenters. The number of aryl methyl sites for hydroxylation is 1. The van der Waals surface area contributed by atoms with Crippen LogP contribution >= 0.6 is 11.6 Å². The minimum Gasteiger partial charge on any atom is -0.496 e. The standard InChI is InChI=1S/C30H31ClFNO8/c1-16-7-10-24(22(31)13-16)41-28(21-9-8-20(32)15-26(21)38-6)18(3)39-30(36)17(2)14-23(35)27-29(40-19(4)34)25(37-5)11-12-33-27/h7-13,15,17-18,28H,14H2,1-6H3/t17-,18+,28+/m1/s1. The first-order valence-corrected chi connectivity index (χ1v) is 13.0. The van der Waals surface area contributed by atoms with Gasteiger partial charge in [0.25, 0.3) is 0 Å². The molecule has 3 atom stereocenters. The summed E-state index contributed by atoms with van der Waals surface area (Å²) in [6.07, 6.45) is -0.843. The van der Waals surface area contributed by atoms with Crippen LogP contribution in [0.3, 0.4) is 0 Å². The predicted molar refractivity (Wildman–Crippen MR) is 148 cm³/mol. The average molecular weight is 588 g/mol. The zero-order valence-electron chi connectivity index (χ0n) is 23.5. The first-order chi connectivity index (χ1) is 19.4. The smallest absolute Gasteiger partial charge is 0.309 e. The topological polar surface area (TPSA) is 110 Å². The van der Waals surface area contributed by atoms with E-state index in [9.17, 15) is 18.8 Å². The van der Waals surface area contributed by atoms with Gasteiger partial charge in [0, 0.05) is 37.2 Å². The molecule has 41 heavy (non-hydrogen) atoms. The molecule has 11 heteroatoms. The van der Waals surface area contributed by atoms with E-state index in [4.69, 9.17) is 35.3 Å². The highest BCUT2D eigenvalue weighted by Crippen LogP contribution is 2.37. The minimum atomic E-state index is -0.951. The number of carbonyl (C=O) groups excluding carboxylic acids is 3. The van der Waals surface area contributed by atoms with E-state index < -0.39 is 41.7 Å². The number of carbonyl (C=O) groups is 3. The second-order valence-electron chi connectivity index (χ2n) is 9.31. The molecule has 3 aromatic rings. The zero-order chi connectivity index (χ0) is 30.3. The molecule has 2 aromatic carbocycles. The molecule has 9 nitrogen and oxygen atoms in total. The van der Waals surface area contributed by atoms with E-state index in [1.165, 1.54) is 58.5 Å². The number of esters is 2. The molecule has 0 amide bonds. The normalized spacial score (nSPS) is 13.0. The highest BCUT2D eigenvalue weighted by atomic mass is 35.5. The van der Waals surface area contributed by atoms with Gasteiger partial charge in [-0.2, -0.15) is 0 Å². The lowest BCUT2D eigenvalue weighted by molar-refractivity contribution is -0.157. The fraction of sp³-hybridized carbons (Fsp3) is 0.333. The van der Waals surface area contributed by atoms with Gasteiger partial charge in [0.1, 0.15) is 23.4 Å². The summed E-state index contributed by atoms with van der Waals surface area (Å²) < 4.78 is 41.6. The summed E-state index contributed by atoms with van der Waals surface area (Å²) in [6, 6.07) is 10.6. The molecule has 0 saturated heterocycles. The molecule has 0 aliphatic carbocycles. The van der Waals surface area contributed by atoms with Crippen molar-refractivity contribution in [3.63, 3.8) is 0 Å². The zero-order valence-corrected chi connectivity index (χ0v) is 24.3. The Labute approximate surface area is 242 Å². The number of ketones is 1. The Balaban J connectivity index is 1.84. The van der Waals surface area contributed by atoms with Crippen LogP contribution < -0.4 is 18.9 Å². The maximum Gasteiger partial charge on any atom is 0.309 e. The number of hydrogen-bond donors (Lipinski definition) is 0. The van der Waals surface area contributed by atoms with Crippen molar-refractivity contribution in [1.82, 2.24) is 4.98 Å². The van der Waals surface area contributed by atoms with Gasteiger partial charge in [0.05, 0.1) is 25.2 Å². The second kappa shape index (κ2) is 13.9. The lowest BCUT2D eigenvalue weighted by Gasteiger charge is -2.28. The first-order valence-electron chi connectivity index (χ1n) is 12.7. The summed E-state index contributed by atoms with van der Waals surface area (Å²) in [5, 5.41) is 0.336. The van der Waals surface area contributed by atoms with Crippen LogP contribution in [-0.4, -0.2) is 43.0 Å². The van der Waals surface area contributed by atoms with Crippen molar-refractivity contribution in [1.29, 1.82) is 0 Å². The van der Waals surface area contributed by atoms with Crippen molar-refractivity contribution in [2.75, 3.05) is 14.2 Å². The van der Waals surface area contributed by atoms with Gasteiger partial charge in [0.15, 0.2) is 23.3 Å². The molecule has 0 radical (unpaired) electrons. The summed E-state index contributed by atoms with van der Waals surface area (Å²) in [5.74, 6) is -2.84. The molecular weight excluding hydrogens is 557 g/mol. The van der Waals surface area contributed by atoms with Crippen molar-refractivity contribution in [2.24, 2.45) is 5.92 Å². The molecular formula is C30H31ClFNO8. The Hall–Kier alpha value is -4.18. The molecule has 0 N–H and O–H groups in total. The van der Waals surface area contributed by atoms with Crippen molar-refractivity contribution in [2.45, 2.75) is 46.3 Å². The van der Waals surface area contributed by atoms with Gasteiger partial charge in [-0.1, -0.05) is 24.6 Å². The van der Waals surface area contributed by atoms with E-state index >= 15 is 0 Å². The largest absolute Gasteiger partial charge is 0.496 e. The third-order valence-electron chi connectivity index (χ3n) is 6.06. The number of nitrogens with zero attached hydrogens (tertiary/aromatic N) is 1. The molecule has 0 aliphatic rings. The van der Waals surface area contributed by atoms with E-state index in [0.717, 1.165) is 5.56 Å². The number of rotatable bonds is 12. The molecule has 218 valence electrons. The van der Waals surface area contributed by atoms with Crippen LogP contribution in [-0.2, 0) is 14.3 Å². The number of methoxy groups -OCH3 is 2. The Morgan fingerprint density at radius 2 is 1.68 bits per heavy atom. The van der Waals surface area contributed by atoms with E-state index in [0.29, 0.717) is 16.3 Å². The van der Waals surface area contributed by atoms with Crippen molar-refractivity contribution in [3.05, 3.63) is 76.3 Å². The summed E-state index contributed by atoms with van der Waals surface area (Å²) >= 11 is 6.39. The monoisotopic (exact) mass is 587 g/mol. The quantitative estimate of drug-likeness (QED) is 0.184.